The molecule has 1 amide bonds. The topological polar surface area (TPSA) is 88.3 Å². The summed E-state index contributed by atoms with van der Waals surface area (Å²) in [6.45, 7) is 3.21. The molecule has 2 aromatic rings. The van der Waals surface area contributed by atoms with Crippen LogP contribution in [-0.4, -0.2) is 35.6 Å². The first-order valence-electron chi connectivity index (χ1n) is 8.29. The molecule has 0 saturated heterocycles. The van der Waals surface area contributed by atoms with Gasteiger partial charge in [0.15, 0.2) is 5.84 Å². The number of ether oxygens (including phenoxy) is 1. The third-order valence-electron chi connectivity index (χ3n) is 4.21. The first kappa shape index (κ1) is 18.3. The molecule has 2 aromatic carbocycles. The van der Waals surface area contributed by atoms with E-state index in [1.165, 1.54) is 14.0 Å². The molecule has 6 heteroatoms. The quantitative estimate of drug-likeness (QED) is 0.515. The van der Waals surface area contributed by atoms with E-state index in [9.17, 15) is 14.7 Å². The molecule has 0 saturated carbocycles. The molecule has 0 aliphatic carbocycles. The molecule has 3 rings (SSSR count). The summed E-state index contributed by atoms with van der Waals surface area (Å²) in [6, 6.07) is 14.2. The highest BCUT2D eigenvalue weighted by molar-refractivity contribution is 6.36. The zero-order valence-electron chi connectivity index (χ0n) is 15.2. The number of nitrogens with zero attached hydrogens (tertiary/aromatic N) is 2. The maximum absolute atomic E-state index is 12.6. The Morgan fingerprint density at radius 3 is 2.30 bits per heavy atom. The van der Waals surface area contributed by atoms with Crippen LogP contribution < -0.4 is 0 Å². The Morgan fingerprint density at radius 1 is 1.04 bits per heavy atom. The van der Waals surface area contributed by atoms with E-state index in [1.807, 2.05) is 19.1 Å². The summed E-state index contributed by atoms with van der Waals surface area (Å²) in [7, 11) is 1.23. The molecule has 136 valence electrons. The Kier molecular flexibility index (Phi) is 4.98. The SMILES string of the molecule is COC(=O)C(C1=NC(=NC(=O)c2ccccc2C)c2ccccc21)=C(C)O. The van der Waals surface area contributed by atoms with E-state index in [0.29, 0.717) is 16.7 Å². The van der Waals surface area contributed by atoms with Crippen molar-refractivity contribution >= 4 is 23.4 Å². The van der Waals surface area contributed by atoms with Gasteiger partial charge in [0.25, 0.3) is 5.91 Å². The van der Waals surface area contributed by atoms with Crippen molar-refractivity contribution in [3.05, 3.63) is 82.1 Å². The van der Waals surface area contributed by atoms with Crippen molar-refractivity contribution in [2.75, 3.05) is 7.11 Å². The zero-order valence-corrected chi connectivity index (χ0v) is 15.2. The van der Waals surface area contributed by atoms with Crippen molar-refractivity contribution in [1.29, 1.82) is 0 Å². The second-order valence-electron chi connectivity index (χ2n) is 6.01. The lowest BCUT2D eigenvalue weighted by Gasteiger charge is -2.07. The third kappa shape index (κ3) is 3.42. The molecule has 1 aliphatic rings. The van der Waals surface area contributed by atoms with Crippen molar-refractivity contribution in [1.82, 2.24) is 0 Å². The number of carbonyl (C=O) groups excluding carboxylic acids is 2. The summed E-state index contributed by atoms with van der Waals surface area (Å²) < 4.78 is 4.76. The fourth-order valence-corrected chi connectivity index (χ4v) is 2.87. The molecular weight excluding hydrogens is 344 g/mol. The van der Waals surface area contributed by atoms with Gasteiger partial charge in [-0.1, -0.05) is 42.5 Å². The highest BCUT2D eigenvalue weighted by Gasteiger charge is 2.30. The molecular formula is C21H18N2O4. The Hall–Kier alpha value is -3.54. The van der Waals surface area contributed by atoms with Crippen molar-refractivity contribution in [3.8, 4) is 0 Å². The number of rotatable bonds is 3. The number of amides is 1. The molecule has 1 aliphatic heterocycles. The number of amidine groups is 1. The Bertz CT molecular complexity index is 1030. The number of carbonyl (C=O) groups is 2. The van der Waals surface area contributed by atoms with Crippen LogP contribution in [0, 0.1) is 6.92 Å². The summed E-state index contributed by atoms with van der Waals surface area (Å²) in [4.78, 5) is 33.3. The van der Waals surface area contributed by atoms with E-state index in [1.54, 1.807) is 36.4 Å². The number of aryl methyl sites for hydroxylation is 1. The summed E-state index contributed by atoms with van der Waals surface area (Å²) >= 11 is 0. The number of methoxy groups -OCH3 is 1. The van der Waals surface area contributed by atoms with Crippen LogP contribution >= 0.6 is 0 Å². The van der Waals surface area contributed by atoms with Gasteiger partial charge in [0.1, 0.15) is 11.3 Å². The molecule has 0 radical (unpaired) electrons. The normalized spacial score (nSPS) is 15.1. The van der Waals surface area contributed by atoms with E-state index >= 15 is 0 Å². The zero-order chi connectivity index (χ0) is 19.6. The van der Waals surface area contributed by atoms with Gasteiger partial charge in [0.2, 0.25) is 0 Å². The van der Waals surface area contributed by atoms with Crippen LogP contribution in [0.15, 0.2) is 69.8 Å². The van der Waals surface area contributed by atoms with Crippen LogP contribution in [0.2, 0.25) is 0 Å². The number of hydrogen-bond donors (Lipinski definition) is 1. The smallest absolute Gasteiger partial charge is 0.343 e. The Morgan fingerprint density at radius 2 is 1.67 bits per heavy atom. The number of allylic oxidation sites excluding steroid dienone is 1. The van der Waals surface area contributed by atoms with Crippen LogP contribution in [0.4, 0.5) is 0 Å². The predicted octanol–water partition coefficient (Wildman–Crippen LogP) is 3.39. The minimum absolute atomic E-state index is 0.0570. The molecule has 0 spiro atoms. The van der Waals surface area contributed by atoms with E-state index < -0.39 is 11.9 Å². The fraction of sp³-hybridized carbons (Fsp3) is 0.143. The van der Waals surface area contributed by atoms with Gasteiger partial charge in [-0.2, -0.15) is 4.99 Å². The number of aliphatic hydroxyl groups is 1. The van der Waals surface area contributed by atoms with Crippen molar-refractivity contribution < 1.29 is 19.4 Å². The fourth-order valence-electron chi connectivity index (χ4n) is 2.87. The highest BCUT2D eigenvalue weighted by Crippen LogP contribution is 2.26. The maximum atomic E-state index is 12.6. The lowest BCUT2D eigenvalue weighted by Crippen LogP contribution is -2.16. The largest absolute Gasteiger partial charge is 0.512 e. The monoisotopic (exact) mass is 362 g/mol. The van der Waals surface area contributed by atoms with Gasteiger partial charge in [0, 0.05) is 16.7 Å². The van der Waals surface area contributed by atoms with Gasteiger partial charge >= 0.3 is 5.97 Å². The number of benzene rings is 2. The molecule has 0 bridgehead atoms. The first-order chi connectivity index (χ1) is 12.9. The van der Waals surface area contributed by atoms with Crippen molar-refractivity contribution in [2.24, 2.45) is 9.98 Å². The molecule has 6 nitrogen and oxygen atoms in total. The predicted molar refractivity (Wildman–Crippen MR) is 102 cm³/mol. The number of esters is 1. The van der Waals surface area contributed by atoms with Gasteiger partial charge in [-0.15, -0.1) is 0 Å². The van der Waals surface area contributed by atoms with E-state index in [0.717, 1.165) is 5.56 Å². The second kappa shape index (κ2) is 7.37. The summed E-state index contributed by atoms with van der Waals surface area (Å²) in [6.07, 6.45) is 0. The third-order valence-corrected chi connectivity index (χ3v) is 4.21. The average molecular weight is 362 g/mol. The van der Waals surface area contributed by atoms with Crippen LogP contribution in [0.5, 0.6) is 0 Å². The summed E-state index contributed by atoms with van der Waals surface area (Å²) in [5.74, 6) is -1.17. The lowest BCUT2D eigenvalue weighted by molar-refractivity contribution is -0.135. The summed E-state index contributed by atoms with van der Waals surface area (Å²) in [5.41, 5.74) is 2.67. The minimum Gasteiger partial charge on any atom is -0.512 e. The molecule has 27 heavy (non-hydrogen) atoms. The van der Waals surface area contributed by atoms with E-state index in [2.05, 4.69) is 9.98 Å². The minimum atomic E-state index is -0.713. The number of aliphatic imine (C=N–C) groups is 2. The average Bonchev–Trinajstić information content (AvgIpc) is 3.00. The van der Waals surface area contributed by atoms with Gasteiger partial charge < -0.3 is 9.84 Å². The van der Waals surface area contributed by atoms with Crippen molar-refractivity contribution in [3.63, 3.8) is 0 Å². The lowest BCUT2D eigenvalue weighted by atomic mass is 9.99. The molecule has 0 atom stereocenters. The molecule has 1 N–H and O–H groups in total. The molecule has 0 unspecified atom stereocenters. The number of hydrogen-bond acceptors (Lipinski definition) is 4. The number of fused-ring (bicyclic) bond motifs is 1. The molecule has 0 aromatic heterocycles. The van der Waals surface area contributed by atoms with Gasteiger partial charge in [-0.3, -0.25) is 4.79 Å². The summed E-state index contributed by atoms with van der Waals surface area (Å²) in [5, 5.41) is 9.97. The van der Waals surface area contributed by atoms with Gasteiger partial charge in [0.05, 0.1) is 12.8 Å². The van der Waals surface area contributed by atoms with Gasteiger partial charge in [-0.05, 0) is 25.5 Å². The Labute approximate surface area is 156 Å². The maximum Gasteiger partial charge on any atom is 0.343 e. The van der Waals surface area contributed by atoms with Crippen LogP contribution in [0.25, 0.3) is 0 Å². The first-order valence-corrected chi connectivity index (χ1v) is 8.29. The van der Waals surface area contributed by atoms with E-state index in [-0.39, 0.29) is 22.9 Å². The molecule has 1 heterocycles. The standard InChI is InChI=1S/C21H18N2O4/c1-12-8-4-5-9-14(12)20(25)23-19-16-11-7-6-10-15(16)18(22-19)17(13(2)24)21(26)27-3/h4-11,24H,1-3H3. The Balaban J connectivity index is 2.14. The van der Waals surface area contributed by atoms with Crippen LogP contribution in [0.3, 0.4) is 0 Å². The number of aliphatic hydroxyl groups excluding tert-OH is 1. The second-order valence-corrected chi connectivity index (χ2v) is 6.01. The van der Waals surface area contributed by atoms with Gasteiger partial charge in [-0.25, -0.2) is 9.79 Å². The highest BCUT2D eigenvalue weighted by atomic mass is 16.5. The van der Waals surface area contributed by atoms with Crippen LogP contribution in [0.1, 0.15) is 34.0 Å². The van der Waals surface area contributed by atoms with Crippen LogP contribution in [-0.2, 0) is 9.53 Å². The molecule has 0 fully saturated rings. The van der Waals surface area contributed by atoms with E-state index in [4.69, 9.17) is 4.74 Å². The van der Waals surface area contributed by atoms with Crippen molar-refractivity contribution in [2.45, 2.75) is 13.8 Å².